The zero-order valence-electron chi connectivity index (χ0n) is 22.6. The fourth-order valence-electron chi connectivity index (χ4n) is 4.88. The van der Waals surface area contributed by atoms with Gasteiger partial charge in [0.1, 0.15) is 0 Å². The van der Waals surface area contributed by atoms with Crippen molar-refractivity contribution >= 4 is 29.2 Å². The summed E-state index contributed by atoms with van der Waals surface area (Å²) >= 11 is 0. The van der Waals surface area contributed by atoms with Crippen molar-refractivity contribution in [3.63, 3.8) is 0 Å². The van der Waals surface area contributed by atoms with Crippen LogP contribution in [-0.4, -0.2) is 67.6 Å². The number of nitrogens with one attached hydrogen (secondary N) is 3. The van der Waals surface area contributed by atoms with Crippen LogP contribution in [0.25, 0.3) is 28.6 Å². The Bertz CT molecular complexity index is 1550. The van der Waals surface area contributed by atoms with Gasteiger partial charge in [-0.05, 0) is 56.3 Å². The summed E-state index contributed by atoms with van der Waals surface area (Å²) in [6.45, 7) is 11.3. The normalized spacial score (nSPS) is 13.7. The number of carbonyl (C=O) groups excluding carboxylic acids is 2. The fraction of sp³-hybridized carbons (Fsp3) is 0.276. The van der Waals surface area contributed by atoms with Crippen molar-refractivity contribution in [3.8, 4) is 16.9 Å². The summed E-state index contributed by atoms with van der Waals surface area (Å²) in [4.78, 5) is 39.9. The molecule has 10 nitrogen and oxygen atoms in total. The minimum atomic E-state index is -0.186. The average molecular weight is 525 g/mol. The molecular formula is C29H32N8O2. The van der Waals surface area contributed by atoms with Crippen molar-refractivity contribution in [2.75, 3.05) is 31.5 Å². The van der Waals surface area contributed by atoms with Crippen LogP contribution >= 0.6 is 0 Å². The van der Waals surface area contributed by atoms with Gasteiger partial charge in [-0.2, -0.15) is 5.10 Å². The summed E-state index contributed by atoms with van der Waals surface area (Å²) in [5.41, 5.74) is 6.80. The van der Waals surface area contributed by atoms with Gasteiger partial charge in [-0.1, -0.05) is 19.9 Å². The van der Waals surface area contributed by atoms with Crippen LogP contribution in [0, 0.1) is 13.8 Å². The average Bonchev–Trinajstić information content (AvgIpc) is 3.63. The van der Waals surface area contributed by atoms with Crippen LogP contribution in [0.15, 0.2) is 49.2 Å². The predicted octanol–water partition coefficient (Wildman–Crippen LogP) is 3.84. The van der Waals surface area contributed by atoms with Crippen LogP contribution < -0.4 is 10.6 Å². The van der Waals surface area contributed by atoms with E-state index < -0.39 is 0 Å². The Morgan fingerprint density at radius 1 is 1.13 bits per heavy atom. The second-order valence-electron chi connectivity index (χ2n) is 9.46. The number of benzene rings is 1. The third-order valence-corrected chi connectivity index (χ3v) is 7.10. The van der Waals surface area contributed by atoms with E-state index in [0.29, 0.717) is 23.5 Å². The number of carbonyl (C=O) groups is 2. The molecule has 39 heavy (non-hydrogen) atoms. The molecule has 200 valence electrons. The number of anilines is 1. The molecule has 3 N–H and O–H groups in total. The molecule has 3 aromatic heterocycles. The molecule has 0 aliphatic carbocycles. The molecule has 0 unspecified atom stereocenters. The molecule has 0 spiro atoms. The molecule has 4 aromatic rings. The van der Waals surface area contributed by atoms with E-state index in [9.17, 15) is 9.59 Å². The van der Waals surface area contributed by atoms with Crippen LogP contribution in [-0.2, 0) is 4.79 Å². The van der Waals surface area contributed by atoms with Gasteiger partial charge in [0.2, 0.25) is 0 Å². The van der Waals surface area contributed by atoms with Gasteiger partial charge in [-0.25, -0.2) is 9.67 Å². The van der Waals surface area contributed by atoms with Crippen molar-refractivity contribution in [1.29, 1.82) is 0 Å². The quantitative estimate of drug-likeness (QED) is 0.286. The maximum absolute atomic E-state index is 13.0. The Hall–Kier alpha value is -4.57. The Kier molecular flexibility index (Phi) is 7.38. The van der Waals surface area contributed by atoms with E-state index in [4.69, 9.17) is 0 Å². The molecule has 1 aliphatic heterocycles. The summed E-state index contributed by atoms with van der Waals surface area (Å²) in [6.07, 6.45) is 10.3. The molecule has 0 radical (unpaired) electrons. The van der Waals surface area contributed by atoms with Gasteiger partial charge in [0.25, 0.3) is 11.8 Å². The number of hydrogen-bond acceptors (Lipinski definition) is 6. The number of aryl methyl sites for hydroxylation is 1. The molecule has 4 heterocycles. The minimum Gasteiger partial charge on any atom is -0.358 e. The second kappa shape index (κ2) is 11.0. The van der Waals surface area contributed by atoms with Crippen molar-refractivity contribution in [2.45, 2.75) is 27.7 Å². The van der Waals surface area contributed by atoms with Crippen molar-refractivity contribution in [3.05, 3.63) is 77.3 Å². The molecule has 0 bridgehead atoms. The standard InChI is InChI=1S/C29H32N8O2/c1-5-36(6-2)12-11-32-29(39)27-18(3)25(34-19(27)4)14-23-22-13-20(7-8-24(22)35-28(23)38)21-15-33-37(17-21)26-16-30-9-10-31-26/h7-10,13-17,34H,5-6,11-12H2,1-4H3,(H,32,39)(H,35,38). The van der Waals surface area contributed by atoms with E-state index in [1.807, 2.05) is 44.3 Å². The molecular weight excluding hydrogens is 492 g/mol. The van der Waals surface area contributed by atoms with Crippen molar-refractivity contribution in [2.24, 2.45) is 0 Å². The Morgan fingerprint density at radius 3 is 2.69 bits per heavy atom. The molecule has 1 aromatic carbocycles. The molecule has 5 rings (SSSR count). The maximum atomic E-state index is 13.0. The van der Waals surface area contributed by atoms with E-state index in [1.54, 1.807) is 29.5 Å². The summed E-state index contributed by atoms with van der Waals surface area (Å²) in [5, 5.41) is 10.4. The lowest BCUT2D eigenvalue weighted by molar-refractivity contribution is -0.110. The van der Waals surface area contributed by atoms with E-state index >= 15 is 0 Å². The molecule has 0 atom stereocenters. The molecule has 0 saturated heterocycles. The van der Waals surface area contributed by atoms with Gasteiger partial charge >= 0.3 is 0 Å². The Morgan fingerprint density at radius 2 is 1.95 bits per heavy atom. The smallest absolute Gasteiger partial charge is 0.256 e. The molecule has 2 amide bonds. The summed E-state index contributed by atoms with van der Waals surface area (Å²) in [7, 11) is 0. The number of nitrogens with zero attached hydrogens (tertiary/aromatic N) is 5. The Labute approximate surface area is 227 Å². The minimum absolute atomic E-state index is 0.114. The van der Waals surface area contributed by atoms with E-state index in [0.717, 1.165) is 59.0 Å². The number of aromatic nitrogens is 5. The number of H-pyrrole nitrogens is 1. The summed E-state index contributed by atoms with van der Waals surface area (Å²) < 4.78 is 1.66. The summed E-state index contributed by atoms with van der Waals surface area (Å²) in [5.74, 6) is 0.318. The van der Waals surface area contributed by atoms with Crippen molar-refractivity contribution < 1.29 is 9.59 Å². The first-order valence-corrected chi connectivity index (χ1v) is 13.1. The first-order valence-electron chi connectivity index (χ1n) is 13.1. The van der Waals surface area contributed by atoms with Gasteiger partial charge in [0.05, 0.1) is 23.5 Å². The number of rotatable bonds is 9. The van der Waals surface area contributed by atoms with Gasteiger partial charge < -0.3 is 20.5 Å². The highest BCUT2D eigenvalue weighted by atomic mass is 16.2. The molecule has 0 saturated carbocycles. The fourth-order valence-corrected chi connectivity index (χ4v) is 4.88. The lowest BCUT2D eigenvalue weighted by Crippen LogP contribution is -2.35. The van der Waals surface area contributed by atoms with Crippen molar-refractivity contribution in [1.82, 2.24) is 34.9 Å². The van der Waals surface area contributed by atoms with E-state index in [1.165, 1.54) is 0 Å². The third kappa shape index (κ3) is 5.23. The number of likely N-dealkylation sites (N-methyl/N-ethyl adjacent to an activating group) is 1. The van der Waals surface area contributed by atoms with Crippen LogP contribution in [0.2, 0.25) is 0 Å². The first kappa shape index (κ1) is 26.1. The zero-order valence-corrected chi connectivity index (χ0v) is 22.6. The molecule has 1 aliphatic rings. The third-order valence-electron chi connectivity index (χ3n) is 7.10. The maximum Gasteiger partial charge on any atom is 0.256 e. The van der Waals surface area contributed by atoms with Gasteiger partial charge in [0, 0.05) is 59.9 Å². The van der Waals surface area contributed by atoms with E-state index in [2.05, 4.69) is 49.4 Å². The lowest BCUT2D eigenvalue weighted by atomic mass is 10.00. The van der Waals surface area contributed by atoms with Crippen LogP contribution in [0.3, 0.4) is 0 Å². The first-order chi connectivity index (χ1) is 18.9. The van der Waals surface area contributed by atoms with Crippen LogP contribution in [0.1, 0.15) is 46.7 Å². The topological polar surface area (TPSA) is 121 Å². The predicted molar refractivity (Wildman–Crippen MR) is 151 cm³/mol. The lowest BCUT2D eigenvalue weighted by Gasteiger charge is -2.18. The molecule has 0 fully saturated rings. The summed E-state index contributed by atoms with van der Waals surface area (Å²) in [6, 6.07) is 5.82. The number of fused-ring (bicyclic) bond motifs is 1. The largest absolute Gasteiger partial charge is 0.358 e. The van der Waals surface area contributed by atoms with E-state index in [-0.39, 0.29) is 11.8 Å². The highest BCUT2D eigenvalue weighted by Gasteiger charge is 2.26. The van der Waals surface area contributed by atoms with Gasteiger partial charge in [-0.15, -0.1) is 0 Å². The second-order valence-corrected chi connectivity index (χ2v) is 9.46. The van der Waals surface area contributed by atoms with Crippen LogP contribution in [0.5, 0.6) is 0 Å². The highest BCUT2D eigenvalue weighted by molar-refractivity contribution is 6.35. The van der Waals surface area contributed by atoms with Crippen LogP contribution in [0.4, 0.5) is 5.69 Å². The van der Waals surface area contributed by atoms with Gasteiger partial charge in [-0.3, -0.25) is 14.6 Å². The molecule has 10 heteroatoms. The SMILES string of the molecule is CCN(CC)CCNC(=O)c1c(C)[nH]c(C=C2C(=O)Nc3ccc(-c4cnn(-c5cnccn5)c4)cc32)c1C. The number of hydrogen-bond donors (Lipinski definition) is 3. The van der Waals surface area contributed by atoms with Gasteiger partial charge in [0.15, 0.2) is 5.82 Å². The zero-order chi connectivity index (χ0) is 27.5. The number of aromatic amines is 1. The Balaban J connectivity index is 1.41. The monoisotopic (exact) mass is 524 g/mol. The highest BCUT2D eigenvalue weighted by Crippen LogP contribution is 2.37. The number of amides is 2.